The molecule has 0 spiro atoms. The van der Waals surface area contributed by atoms with Gasteiger partial charge < -0.3 is 14.8 Å². The Hall–Kier alpha value is -2.73. The van der Waals surface area contributed by atoms with Crippen molar-refractivity contribution in [2.45, 2.75) is 46.2 Å². The number of nitrogens with one attached hydrogen (secondary N) is 1. The summed E-state index contributed by atoms with van der Waals surface area (Å²) < 4.78 is 1.69. The first kappa shape index (κ1) is 21.0. The van der Waals surface area contributed by atoms with E-state index >= 15 is 0 Å². The lowest BCUT2D eigenvalue weighted by atomic mass is 10.1. The molecule has 0 fully saturated rings. The first-order valence-corrected chi connectivity index (χ1v) is 10.5. The molecule has 3 rings (SSSR count). The van der Waals surface area contributed by atoms with Crippen molar-refractivity contribution < 1.29 is 0 Å². The van der Waals surface area contributed by atoms with Crippen molar-refractivity contribution in [2.75, 3.05) is 25.0 Å². The fourth-order valence-corrected chi connectivity index (χ4v) is 3.49. The molecule has 1 aromatic carbocycles. The van der Waals surface area contributed by atoms with Crippen LogP contribution in [-0.2, 0) is 6.54 Å². The Morgan fingerprint density at radius 1 is 1.17 bits per heavy atom. The van der Waals surface area contributed by atoms with Gasteiger partial charge in [-0.15, -0.1) is 0 Å². The maximum atomic E-state index is 11.9. The molecule has 0 saturated heterocycles. The maximum Gasteiger partial charge on any atom is 0.250 e. The lowest BCUT2D eigenvalue weighted by Gasteiger charge is -2.19. The van der Waals surface area contributed by atoms with Crippen LogP contribution in [0.2, 0.25) is 0 Å². The summed E-state index contributed by atoms with van der Waals surface area (Å²) in [5, 5.41) is 4.40. The van der Waals surface area contributed by atoms with Crippen molar-refractivity contribution in [1.29, 1.82) is 0 Å². The standard InChI is InChI=1S/C23H31N5O/c1-4-27(5-2)13-8-9-18(3)25-23-24-16-20-15-19(11-12-21(20)26-23)17-28-14-7-6-10-22(28)29/h6-7,10-12,14-16,18H,4-5,8-9,13,17H2,1-3H3,(H,24,25,26)/t18-/m1/s1. The highest BCUT2D eigenvalue weighted by Gasteiger charge is 2.07. The minimum absolute atomic E-state index is 0.00150. The van der Waals surface area contributed by atoms with Crippen LogP contribution in [0.1, 0.15) is 39.2 Å². The van der Waals surface area contributed by atoms with E-state index in [-0.39, 0.29) is 5.56 Å². The average molecular weight is 394 g/mol. The van der Waals surface area contributed by atoms with Gasteiger partial charge in [-0.3, -0.25) is 4.79 Å². The number of benzene rings is 1. The maximum absolute atomic E-state index is 11.9. The number of rotatable bonds is 10. The summed E-state index contributed by atoms with van der Waals surface area (Å²) in [5.41, 5.74) is 1.96. The summed E-state index contributed by atoms with van der Waals surface area (Å²) >= 11 is 0. The summed E-state index contributed by atoms with van der Waals surface area (Å²) in [6, 6.07) is 11.6. The van der Waals surface area contributed by atoms with Gasteiger partial charge in [0.1, 0.15) is 0 Å². The van der Waals surface area contributed by atoms with Gasteiger partial charge in [0.2, 0.25) is 5.95 Å². The second-order valence-electron chi connectivity index (χ2n) is 7.47. The predicted octanol–water partition coefficient (Wildman–Crippen LogP) is 3.76. The molecule has 1 atom stereocenters. The molecule has 0 aliphatic heterocycles. The number of aromatic nitrogens is 3. The van der Waals surface area contributed by atoms with Crippen molar-refractivity contribution in [3.63, 3.8) is 0 Å². The van der Waals surface area contributed by atoms with Gasteiger partial charge in [-0.2, -0.15) is 0 Å². The summed E-state index contributed by atoms with van der Waals surface area (Å²) in [7, 11) is 0. The van der Waals surface area contributed by atoms with E-state index in [2.05, 4.69) is 41.0 Å². The molecular formula is C23H31N5O. The third-order valence-corrected chi connectivity index (χ3v) is 5.28. The smallest absolute Gasteiger partial charge is 0.250 e. The first-order chi connectivity index (χ1) is 14.1. The van der Waals surface area contributed by atoms with E-state index in [1.165, 1.54) is 0 Å². The summed E-state index contributed by atoms with van der Waals surface area (Å²) in [4.78, 5) is 23.5. The summed E-state index contributed by atoms with van der Waals surface area (Å²) in [6.07, 6.45) is 5.90. The van der Waals surface area contributed by atoms with Crippen LogP contribution < -0.4 is 10.9 Å². The molecule has 0 aliphatic rings. The van der Waals surface area contributed by atoms with Gasteiger partial charge in [-0.05, 0) is 63.2 Å². The first-order valence-electron chi connectivity index (χ1n) is 10.5. The van der Waals surface area contributed by atoms with Gasteiger partial charge in [0, 0.05) is 29.9 Å². The van der Waals surface area contributed by atoms with Crippen LogP contribution in [0, 0.1) is 0 Å². The average Bonchev–Trinajstić information content (AvgIpc) is 2.73. The SMILES string of the molecule is CCN(CC)CCC[C@@H](C)Nc1ncc2cc(Cn3ccccc3=O)ccc2n1. The van der Waals surface area contributed by atoms with E-state index in [9.17, 15) is 4.79 Å². The van der Waals surface area contributed by atoms with Crippen molar-refractivity contribution in [3.8, 4) is 0 Å². The van der Waals surface area contributed by atoms with Crippen molar-refractivity contribution in [1.82, 2.24) is 19.4 Å². The van der Waals surface area contributed by atoms with E-state index in [1.807, 2.05) is 30.5 Å². The quantitative estimate of drug-likeness (QED) is 0.568. The molecule has 6 nitrogen and oxygen atoms in total. The van der Waals surface area contributed by atoms with E-state index < -0.39 is 0 Å². The van der Waals surface area contributed by atoms with Crippen molar-refractivity contribution >= 4 is 16.9 Å². The van der Waals surface area contributed by atoms with Crippen LogP contribution in [0.4, 0.5) is 5.95 Å². The molecule has 0 saturated carbocycles. The number of nitrogens with zero attached hydrogens (tertiary/aromatic N) is 4. The van der Waals surface area contributed by atoms with Crippen LogP contribution in [0.3, 0.4) is 0 Å². The fourth-order valence-electron chi connectivity index (χ4n) is 3.49. The van der Waals surface area contributed by atoms with Gasteiger partial charge in [0.05, 0.1) is 12.1 Å². The second kappa shape index (κ2) is 10.2. The zero-order valence-electron chi connectivity index (χ0n) is 17.6. The molecule has 3 aromatic rings. The third kappa shape index (κ3) is 5.87. The van der Waals surface area contributed by atoms with Gasteiger partial charge >= 0.3 is 0 Å². The van der Waals surface area contributed by atoms with E-state index in [1.54, 1.807) is 22.9 Å². The number of hydrogen-bond acceptors (Lipinski definition) is 5. The highest BCUT2D eigenvalue weighted by atomic mass is 16.1. The number of fused-ring (bicyclic) bond motifs is 1. The molecule has 0 unspecified atom stereocenters. The van der Waals surface area contributed by atoms with Gasteiger partial charge in [0.15, 0.2) is 0 Å². The Morgan fingerprint density at radius 3 is 2.76 bits per heavy atom. The Bertz CT molecular complexity index is 980. The van der Waals surface area contributed by atoms with Crippen LogP contribution in [-0.4, -0.2) is 45.1 Å². The largest absolute Gasteiger partial charge is 0.352 e. The van der Waals surface area contributed by atoms with E-state index in [0.717, 1.165) is 48.9 Å². The fraction of sp³-hybridized carbons (Fsp3) is 0.435. The molecule has 2 heterocycles. The van der Waals surface area contributed by atoms with Gasteiger partial charge in [-0.25, -0.2) is 9.97 Å². The number of pyridine rings is 1. The number of hydrogen-bond donors (Lipinski definition) is 1. The van der Waals surface area contributed by atoms with E-state index in [4.69, 9.17) is 0 Å². The Labute approximate surface area is 172 Å². The minimum atomic E-state index is -0.00150. The Balaban J connectivity index is 1.61. The summed E-state index contributed by atoms with van der Waals surface area (Å²) in [5.74, 6) is 0.667. The monoisotopic (exact) mass is 393 g/mol. The van der Waals surface area contributed by atoms with Gasteiger partial charge in [-0.1, -0.05) is 26.0 Å². The lowest BCUT2D eigenvalue weighted by Crippen LogP contribution is -2.25. The van der Waals surface area contributed by atoms with Crippen LogP contribution in [0.25, 0.3) is 10.9 Å². The van der Waals surface area contributed by atoms with Crippen LogP contribution in [0.15, 0.2) is 53.6 Å². The molecular weight excluding hydrogens is 362 g/mol. The Morgan fingerprint density at radius 2 is 2.00 bits per heavy atom. The molecule has 29 heavy (non-hydrogen) atoms. The Kier molecular flexibility index (Phi) is 7.36. The van der Waals surface area contributed by atoms with Gasteiger partial charge in [0.25, 0.3) is 5.56 Å². The normalized spacial score (nSPS) is 12.4. The molecule has 0 bridgehead atoms. The third-order valence-electron chi connectivity index (χ3n) is 5.28. The van der Waals surface area contributed by atoms with Crippen LogP contribution in [0.5, 0.6) is 0 Å². The number of anilines is 1. The molecule has 0 aliphatic carbocycles. The molecule has 154 valence electrons. The van der Waals surface area contributed by atoms with E-state index in [0.29, 0.717) is 18.5 Å². The molecule has 0 radical (unpaired) electrons. The highest BCUT2D eigenvalue weighted by molar-refractivity contribution is 5.79. The molecule has 6 heteroatoms. The van der Waals surface area contributed by atoms with Crippen LogP contribution >= 0.6 is 0 Å². The predicted molar refractivity (Wildman–Crippen MR) is 119 cm³/mol. The zero-order chi connectivity index (χ0) is 20.6. The van der Waals surface area contributed by atoms with Crippen molar-refractivity contribution in [2.24, 2.45) is 0 Å². The van der Waals surface area contributed by atoms with Crippen molar-refractivity contribution in [3.05, 3.63) is 64.7 Å². The molecule has 2 aromatic heterocycles. The second-order valence-corrected chi connectivity index (χ2v) is 7.47. The zero-order valence-corrected chi connectivity index (χ0v) is 17.6. The summed E-state index contributed by atoms with van der Waals surface area (Å²) in [6.45, 7) is 10.5. The lowest BCUT2D eigenvalue weighted by molar-refractivity contribution is 0.295. The highest BCUT2D eigenvalue weighted by Crippen LogP contribution is 2.16. The topological polar surface area (TPSA) is 63.1 Å². The minimum Gasteiger partial charge on any atom is -0.352 e. The molecule has 1 N–H and O–H groups in total. The molecule has 0 amide bonds.